The molecular weight excluding hydrogens is 444 g/mol. The van der Waals surface area contributed by atoms with E-state index in [0.717, 1.165) is 22.2 Å². The molecule has 0 aliphatic rings. The van der Waals surface area contributed by atoms with E-state index in [9.17, 15) is 4.79 Å². The first-order valence-corrected chi connectivity index (χ1v) is 11.2. The summed E-state index contributed by atoms with van der Waals surface area (Å²) >= 11 is 7.39. The summed E-state index contributed by atoms with van der Waals surface area (Å²) in [5.74, 6) is 0.739. The van der Waals surface area contributed by atoms with Crippen molar-refractivity contribution in [2.75, 3.05) is 11.1 Å². The monoisotopic (exact) mass is 460 g/mol. The maximum atomic E-state index is 12.6. The molecule has 0 unspecified atom stereocenters. The van der Waals surface area contributed by atoms with Crippen molar-refractivity contribution in [3.63, 3.8) is 0 Å². The van der Waals surface area contributed by atoms with Crippen LogP contribution in [0.25, 0.3) is 28.0 Å². The molecule has 2 heterocycles. The van der Waals surface area contributed by atoms with Crippen LogP contribution in [0.2, 0.25) is 5.02 Å². The number of fused-ring (bicyclic) bond motifs is 1. The zero-order valence-corrected chi connectivity index (χ0v) is 18.3. The molecule has 9 heteroatoms. The van der Waals surface area contributed by atoms with Crippen molar-refractivity contribution in [3.8, 4) is 17.1 Å². The molecule has 0 saturated heterocycles. The van der Waals surface area contributed by atoms with Crippen LogP contribution in [-0.2, 0) is 4.79 Å². The summed E-state index contributed by atoms with van der Waals surface area (Å²) in [5, 5.41) is 20.8. The first kappa shape index (κ1) is 20.3. The Labute approximate surface area is 192 Å². The van der Waals surface area contributed by atoms with Crippen LogP contribution in [0.15, 0.2) is 84.1 Å². The normalized spacial score (nSPS) is 11.0. The van der Waals surface area contributed by atoms with Gasteiger partial charge in [-0.05, 0) is 42.5 Å². The Morgan fingerprint density at radius 2 is 1.84 bits per heavy atom. The molecule has 2 aromatic heterocycles. The number of H-pyrrole nitrogens is 1. The molecule has 32 heavy (non-hydrogen) atoms. The van der Waals surface area contributed by atoms with Crippen molar-refractivity contribution < 1.29 is 4.79 Å². The van der Waals surface area contributed by atoms with E-state index in [4.69, 9.17) is 11.6 Å². The fraction of sp³-hybridized carbons (Fsp3) is 0.0435. The summed E-state index contributed by atoms with van der Waals surface area (Å²) in [5.41, 5.74) is 3.37. The van der Waals surface area contributed by atoms with E-state index in [1.165, 1.54) is 11.8 Å². The van der Waals surface area contributed by atoms with Crippen LogP contribution in [0.4, 0.5) is 5.69 Å². The number of hydrogen-bond donors (Lipinski definition) is 2. The minimum atomic E-state index is -0.138. The van der Waals surface area contributed by atoms with Crippen LogP contribution in [0, 0.1) is 0 Å². The van der Waals surface area contributed by atoms with Gasteiger partial charge in [0.15, 0.2) is 11.0 Å². The third-order valence-corrected chi connectivity index (χ3v) is 5.99. The highest BCUT2D eigenvalue weighted by molar-refractivity contribution is 7.99. The third kappa shape index (κ3) is 4.23. The van der Waals surface area contributed by atoms with Crippen molar-refractivity contribution >= 4 is 45.9 Å². The second kappa shape index (κ2) is 8.86. The number of nitrogens with one attached hydrogen (secondary N) is 2. The molecule has 3 aromatic carbocycles. The van der Waals surface area contributed by atoms with Gasteiger partial charge in [0.05, 0.1) is 17.5 Å². The Morgan fingerprint density at radius 3 is 2.66 bits per heavy atom. The molecule has 1 amide bonds. The van der Waals surface area contributed by atoms with Gasteiger partial charge in [0.1, 0.15) is 0 Å². The maximum absolute atomic E-state index is 12.6. The highest BCUT2D eigenvalue weighted by Crippen LogP contribution is 2.28. The standard InChI is InChI=1S/C23H17ClN6OS/c24-17-7-10-19(11-8-17)30-22(15-4-2-1-3-5-15)28-29-23(30)32-14-21(31)26-18-9-6-16-13-25-27-20(16)12-18/h1-13H,14H2,(H,25,27)(H,26,31). The molecule has 7 nitrogen and oxygen atoms in total. The second-order valence-corrected chi connectivity index (χ2v) is 8.37. The van der Waals surface area contributed by atoms with Crippen LogP contribution < -0.4 is 5.32 Å². The number of benzene rings is 3. The van der Waals surface area contributed by atoms with Gasteiger partial charge in [-0.25, -0.2) is 0 Å². The molecule has 0 saturated carbocycles. The van der Waals surface area contributed by atoms with Gasteiger partial charge in [-0.2, -0.15) is 5.10 Å². The van der Waals surface area contributed by atoms with Crippen LogP contribution in [0.3, 0.4) is 0 Å². The van der Waals surface area contributed by atoms with Crippen LogP contribution in [0.5, 0.6) is 0 Å². The molecule has 0 spiro atoms. The Balaban J connectivity index is 1.38. The molecule has 0 aliphatic carbocycles. The van der Waals surface area contributed by atoms with Gasteiger partial charge in [-0.15, -0.1) is 10.2 Å². The lowest BCUT2D eigenvalue weighted by molar-refractivity contribution is -0.113. The van der Waals surface area contributed by atoms with E-state index in [-0.39, 0.29) is 11.7 Å². The van der Waals surface area contributed by atoms with Crippen molar-refractivity contribution in [1.82, 2.24) is 25.0 Å². The van der Waals surface area contributed by atoms with Gasteiger partial charge < -0.3 is 5.32 Å². The van der Waals surface area contributed by atoms with E-state index in [1.807, 2.05) is 77.4 Å². The lowest BCUT2D eigenvalue weighted by Gasteiger charge is -2.11. The summed E-state index contributed by atoms with van der Waals surface area (Å²) in [7, 11) is 0. The summed E-state index contributed by atoms with van der Waals surface area (Å²) in [6, 6.07) is 22.9. The number of amides is 1. The highest BCUT2D eigenvalue weighted by Gasteiger charge is 2.17. The first-order valence-electron chi connectivity index (χ1n) is 9.80. The molecule has 158 valence electrons. The van der Waals surface area contributed by atoms with Crippen molar-refractivity contribution in [3.05, 3.63) is 84.0 Å². The van der Waals surface area contributed by atoms with E-state index >= 15 is 0 Å². The average molecular weight is 461 g/mol. The Kier molecular flexibility index (Phi) is 5.62. The largest absolute Gasteiger partial charge is 0.325 e. The van der Waals surface area contributed by atoms with E-state index in [0.29, 0.717) is 21.7 Å². The molecule has 2 N–H and O–H groups in total. The number of carbonyl (C=O) groups excluding carboxylic acids is 1. The van der Waals surface area contributed by atoms with Crippen LogP contribution in [-0.4, -0.2) is 36.6 Å². The van der Waals surface area contributed by atoms with Crippen LogP contribution in [0.1, 0.15) is 0 Å². The van der Waals surface area contributed by atoms with Crippen molar-refractivity contribution in [1.29, 1.82) is 0 Å². The molecule has 0 aliphatic heterocycles. The number of hydrogen-bond acceptors (Lipinski definition) is 5. The van der Waals surface area contributed by atoms with Gasteiger partial charge in [0, 0.05) is 27.3 Å². The summed E-state index contributed by atoms with van der Waals surface area (Å²) in [4.78, 5) is 12.6. The number of anilines is 1. The van der Waals surface area contributed by atoms with Gasteiger partial charge in [0.2, 0.25) is 5.91 Å². The fourth-order valence-electron chi connectivity index (χ4n) is 3.30. The lowest BCUT2D eigenvalue weighted by Crippen LogP contribution is -2.14. The van der Waals surface area contributed by atoms with E-state index in [1.54, 1.807) is 6.20 Å². The molecule has 5 rings (SSSR count). The van der Waals surface area contributed by atoms with Crippen LogP contribution >= 0.6 is 23.4 Å². The number of rotatable bonds is 6. The molecule has 0 bridgehead atoms. The zero-order valence-electron chi connectivity index (χ0n) is 16.7. The minimum Gasteiger partial charge on any atom is -0.325 e. The molecular formula is C23H17ClN6OS. The SMILES string of the molecule is O=C(CSc1nnc(-c2ccccc2)n1-c1ccc(Cl)cc1)Nc1ccc2cn[nH]c2c1. The summed E-state index contributed by atoms with van der Waals surface area (Å²) < 4.78 is 1.93. The van der Waals surface area contributed by atoms with E-state index in [2.05, 4.69) is 25.7 Å². The Hall–Kier alpha value is -3.62. The second-order valence-electron chi connectivity index (χ2n) is 6.99. The number of nitrogens with zero attached hydrogens (tertiary/aromatic N) is 4. The number of thioether (sulfide) groups is 1. The molecule has 0 atom stereocenters. The summed E-state index contributed by atoms with van der Waals surface area (Å²) in [6.07, 6.45) is 1.74. The smallest absolute Gasteiger partial charge is 0.234 e. The fourth-order valence-corrected chi connectivity index (χ4v) is 4.18. The topological polar surface area (TPSA) is 88.5 Å². The van der Waals surface area contributed by atoms with Crippen molar-refractivity contribution in [2.24, 2.45) is 0 Å². The molecule has 5 aromatic rings. The molecule has 0 radical (unpaired) electrons. The maximum Gasteiger partial charge on any atom is 0.234 e. The van der Waals surface area contributed by atoms with Gasteiger partial charge in [-0.1, -0.05) is 53.7 Å². The first-order chi connectivity index (χ1) is 15.7. The number of halogens is 1. The summed E-state index contributed by atoms with van der Waals surface area (Å²) in [6.45, 7) is 0. The number of aromatic nitrogens is 5. The number of carbonyl (C=O) groups is 1. The van der Waals surface area contributed by atoms with Gasteiger partial charge in [-0.3, -0.25) is 14.5 Å². The average Bonchev–Trinajstić information content (AvgIpc) is 3.45. The van der Waals surface area contributed by atoms with Crippen molar-refractivity contribution in [2.45, 2.75) is 5.16 Å². The minimum absolute atomic E-state index is 0.138. The van der Waals surface area contributed by atoms with Gasteiger partial charge in [0.25, 0.3) is 0 Å². The third-order valence-electron chi connectivity index (χ3n) is 4.81. The predicted octanol–water partition coefficient (Wildman–Crippen LogP) is 5.19. The Morgan fingerprint density at radius 1 is 1.03 bits per heavy atom. The number of aromatic amines is 1. The van der Waals surface area contributed by atoms with E-state index < -0.39 is 0 Å². The quantitative estimate of drug-likeness (QED) is 0.340. The predicted molar refractivity (Wildman–Crippen MR) is 127 cm³/mol. The highest BCUT2D eigenvalue weighted by atomic mass is 35.5. The van der Waals surface area contributed by atoms with Gasteiger partial charge >= 0.3 is 0 Å². The molecule has 0 fully saturated rings. The lowest BCUT2D eigenvalue weighted by atomic mass is 10.2. The Bertz CT molecular complexity index is 1380. The zero-order chi connectivity index (χ0) is 21.9.